The van der Waals surface area contributed by atoms with Crippen molar-refractivity contribution in [2.24, 2.45) is 0 Å². The molecule has 0 atom stereocenters. The molecule has 1 aromatic carbocycles. The summed E-state index contributed by atoms with van der Waals surface area (Å²) in [5, 5.41) is 21.5. The molecule has 6 nitrogen and oxygen atoms in total. The minimum Gasteiger partial charge on any atom is -0.423 e. The second kappa shape index (κ2) is 12.6. The zero-order valence-corrected chi connectivity index (χ0v) is 15.2. The molecule has 0 amide bonds. The summed E-state index contributed by atoms with van der Waals surface area (Å²) in [7, 11) is 0. The number of rotatable bonds is 9. The number of benzene rings is 1. The summed E-state index contributed by atoms with van der Waals surface area (Å²) in [5.41, 5.74) is 0.337. The van der Waals surface area contributed by atoms with Crippen molar-refractivity contribution in [1.29, 1.82) is 0 Å². The lowest BCUT2D eigenvalue weighted by atomic mass is 10.2. The largest absolute Gasteiger partial charge is 0.423 e. The number of hydrazine groups is 1. The van der Waals surface area contributed by atoms with Crippen LogP contribution < -0.4 is 5.63 Å². The van der Waals surface area contributed by atoms with Gasteiger partial charge in [0.2, 0.25) is 0 Å². The van der Waals surface area contributed by atoms with Crippen LogP contribution in [0.25, 0.3) is 11.0 Å². The van der Waals surface area contributed by atoms with E-state index >= 15 is 0 Å². The van der Waals surface area contributed by atoms with E-state index in [-0.39, 0.29) is 5.63 Å². The molecule has 0 fully saturated rings. The zero-order valence-electron chi connectivity index (χ0n) is 15.2. The van der Waals surface area contributed by atoms with E-state index in [1.165, 1.54) is 6.07 Å². The number of unbranched alkanes of at least 4 members (excludes halogenated alkanes) is 4. The first kappa shape index (κ1) is 21.3. The van der Waals surface area contributed by atoms with Gasteiger partial charge in [0.05, 0.1) is 0 Å². The molecule has 0 bridgehead atoms. The van der Waals surface area contributed by atoms with Crippen LogP contribution in [-0.4, -0.2) is 33.8 Å². The van der Waals surface area contributed by atoms with Gasteiger partial charge in [0, 0.05) is 24.5 Å². The van der Waals surface area contributed by atoms with Gasteiger partial charge in [-0.05, 0) is 25.0 Å². The van der Waals surface area contributed by atoms with E-state index in [1.54, 1.807) is 12.1 Å². The Balaban J connectivity index is 0.000000255. The SMILES string of the molecule is CCCCCN(O)N(O)CCCCC.O=c1ccc2ccccc2o1. The van der Waals surface area contributed by atoms with Gasteiger partial charge in [0.1, 0.15) is 5.58 Å². The Kier molecular flexibility index (Phi) is 10.7. The van der Waals surface area contributed by atoms with Crippen molar-refractivity contribution < 1.29 is 14.8 Å². The maximum atomic E-state index is 10.7. The van der Waals surface area contributed by atoms with Crippen molar-refractivity contribution in [3.63, 3.8) is 0 Å². The summed E-state index contributed by atoms with van der Waals surface area (Å²) in [5.74, 6) is 0. The van der Waals surface area contributed by atoms with Crippen LogP contribution in [-0.2, 0) is 0 Å². The molecule has 1 aromatic heterocycles. The minimum atomic E-state index is -0.302. The van der Waals surface area contributed by atoms with Gasteiger partial charge < -0.3 is 4.42 Å². The van der Waals surface area contributed by atoms with Crippen LogP contribution >= 0.6 is 0 Å². The second-order valence-electron chi connectivity index (χ2n) is 5.90. The number of hydrogen-bond acceptors (Lipinski definition) is 6. The molecular weight excluding hydrogens is 320 g/mol. The Bertz CT molecular complexity index is 630. The molecule has 0 saturated heterocycles. The summed E-state index contributed by atoms with van der Waals surface area (Å²) in [4.78, 5) is 10.7. The van der Waals surface area contributed by atoms with Crippen LogP contribution in [0.4, 0.5) is 0 Å². The predicted octanol–water partition coefficient (Wildman–Crippen LogP) is 4.46. The van der Waals surface area contributed by atoms with Crippen molar-refractivity contribution in [2.45, 2.75) is 52.4 Å². The molecule has 0 aliphatic carbocycles. The lowest BCUT2D eigenvalue weighted by Gasteiger charge is -2.23. The molecule has 140 valence electrons. The third-order valence-electron chi connectivity index (χ3n) is 3.72. The highest BCUT2D eigenvalue weighted by molar-refractivity contribution is 5.75. The summed E-state index contributed by atoms with van der Waals surface area (Å²) in [6.45, 7) is 5.24. The Labute approximate surface area is 149 Å². The highest BCUT2D eigenvalue weighted by Gasteiger charge is 2.08. The van der Waals surface area contributed by atoms with Crippen molar-refractivity contribution in [3.05, 3.63) is 46.8 Å². The van der Waals surface area contributed by atoms with Gasteiger partial charge in [-0.1, -0.05) is 57.7 Å². The maximum absolute atomic E-state index is 10.7. The Morgan fingerprint density at radius 2 is 1.40 bits per heavy atom. The fourth-order valence-electron chi connectivity index (χ4n) is 2.25. The monoisotopic (exact) mass is 350 g/mol. The molecule has 2 N–H and O–H groups in total. The topological polar surface area (TPSA) is 77.1 Å². The first-order valence-corrected chi connectivity index (χ1v) is 9.00. The van der Waals surface area contributed by atoms with E-state index in [2.05, 4.69) is 13.8 Å². The first-order valence-electron chi connectivity index (χ1n) is 9.00. The van der Waals surface area contributed by atoms with E-state index in [0.717, 1.165) is 54.3 Å². The molecule has 0 aliphatic heterocycles. The third kappa shape index (κ3) is 8.79. The fraction of sp³-hybridized carbons (Fsp3) is 0.526. The molecule has 0 aliphatic rings. The van der Waals surface area contributed by atoms with Gasteiger partial charge >= 0.3 is 5.63 Å². The minimum absolute atomic E-state index is 0.302. The standard InChI is InChI=1S/C10H24N2O2.C9H6O2/c1-3-5-7-9-11(13)12(14)10-8-6-4-2;10-9-6-5-7-3-1-2-4-8(7)11-9/h13-14H,3-10H2,1-2H3;1-6H. The van der Waals surface area contributed by atoms with Gasteiger partial charge in [-0.15, -0.1) is 10.3 Å². The number of para-hydroxylation sites is 1. The van der Waals surface area contributed by atoms with Gasteiger partial charge in [-0.3, -0.25) is 10.4 Å². The highest BCUT2D eigenvalue weighted by atomic mass is 16.7. The van der Waals surface area contributed by atoms with E-state index in [9.17, 15) is 15.2 Å². The quantitative estimate of drug-likeness (QED) is 0.395. The van der Waals surface area contributed by atoms with Gasteiger partial charge in [0.25, 0.3) is 0 Å². The van der Waals surface area contributed by atoms with Crippen LogP contribution in [0.2, 0.25) is 0 Å². The van der Waals surface area contributed by atoms with E-state index in [0.29, 0.717) is 18.7 Å². The van der Waals surface area contributed by atoms with Crippen molar-refractivity contribution in [1.82, 2.24) is 10.3 Å². The number of hydroxylamine groups is 2. The molecule has 6 heteroatoms. The normalized spacial score (nSPS) is 11.0. The molecule has 0 spiro atoms. The summed E-state index contributed by atoms with van der Waals surface area (Å²) < 4.78 is 4.91. The van der Waals surface area contributed by atoms with Crippen molar-refractivity contribution in [3.8, 4) is 0 Å². The maximum Gasteiger partial charge on any atom is 0.336 e. The molecule has 0 saturated carbocycles. The third-order valence-corrected chi connectivity index (χ3v) is 3.72. The first-order chi connectivity index (χ1) is 12.1. The average Bonchev–Trinajstić information content (AvgIpc) is 2.62. The van der Waals surface area contributed by atoms with Crippen LogP contribution in [0.15, 0.2) is 45.6 Å². The van der Waals surface area contributed by atoms with E-state index < -0.39 is 0 Å². The van der Waals surface area contributed by atoms with Crippen molar-refractivity contribution >= 4 is 11.0 Å². The Morgan fingerprint density at radius 3 is 1.96 bits per heavy atom. The lowest BCUT2D eigenvalue weighted by Crippen LogP contribution is -2.38. The summed E-state index contributed by atoms with van der Waals surface area (Å²) in [6, 6.07) is 10.6. The van der Waals surface area contributed by atoms with Crippen molar-refractivity contribution in [2.75, 3.05) is 13.1 Å². The lowest BCUT2D eigenvalue weighted by molar-refractivity contribution is -0.367. The smallest absolute Gasteiger partial charge is 0.336 e. The number of fused-ring (bicyclic) bond motifs is 1. The Hall–Kier alpha value is -1.73. The molecule has 0 unspecified atom stereocenters. The Morgan fingerprint density at radius 1 is 0.840 bits per heavy atom. The molecule has 1 heterocycles. The van der Waals surface area contributed by atoms with Crippen LogP contribution in [0.1, 0.15) is 52.4 Å². The van der Waals surface area contributed by atoms with Gasteiger partial charge in [0.15, 0.2) is 0 Å². The van der Waals surface area contributed by atoms with Crippen LogP contribution in [0.3, 0.4) is 0 Å². The summed E-state index contributed by atoms with van der Waals surface area (Å²) >= 11 is 0. The fourth-order valence-corrected chi connectivity index (χ4v) is 2.25. The highest BCUT2D eigenvalue weighted by Crippen LogP contribution is 2.09. The van der Waals surface area contributed by atoms with Gasteiger partial charge in [-0.25, -0.2) is 4.79 Å². The molecule has 25 heavy (non-hydrogen) atoms. The van der Waals surface area contributed by atoms with E-state index in [4.69, 9.17) is 4.42 Å². The van der Waals surface area contributed by atoms with Gasteiger partial charge in [-0.2, -0.15) is 0 Å². The predicted molar refractivity (Wildman–Crippen MR) is 98.5 cm³/mol. The number of nitrogens with zero attached hydrogens (tertiary/aromatic N) is 2. The average molecular weight is 350 g/mol. The molecule has 0 radical (unpaired) electrons. The molecular formula is C19H30N2O4. The van der Waals surface area contributed by atoms with E-state index in [1.807, 2.05) is 18.2 Å². The molecule has 2 aromatic rings. The second-order valence-corrected chi connectivity index (χ2v) is 5.90. The summed E-state index contributed by atoms with van der Waals surface area (Å²) in [6.07, 6.45) is 6.24. The number of hydrogen-bond donors (Lipinski definition) is 2. The van der Waals surface area contributed by atoms with Crippen LogP contribution in [0.5, 0.6) is 0 Å². The molecule has 2 rings (SSSR count). The van der Waals surface area contributed by atoms with Crippen LogP contribution in [0, 0.1) is 0 Å². The zero-order chi connectivity index (χ0) is 18.5.